The zero-order valence-electron chi connectivity index (χ0n) is 14.3. The maximum atomic E-state index is 11.9. The largest absolute Gasteiger partial charge is 0.481 e. The van der Waals surface area contributed by atoms with Gasteiger partial charge in [0.25, 0.3) is 5.91 Å². The molecule has 26 heavy (non-hydrogen) atoms. The number of ether oxygens (including phenoxy) is 1. The van der Waals surface area contributed by atoms with E-state index in [1.54, 1.807) is 19.5 Å². The molecule has 0 aromatic carbocycles. The van der Waals surface area contributed by atoms with Crippen molar-refractivity contribution in [3.8, 4) is 17.1 Å². The second-order valence-corrected chi connectivity index (χ2v) is 6.02. The van der Waals surface area contributed by atoms with Crippen molar-refractivity contribution in [2.24, 2.45) is 0 Å². The fourth-order valence-corrected chi connectivity index (χ4v) is 2.95. The summed E-state index contributed by atoms with van der Waals surface area (Å²) >= 11 is 0. The molecule has 6 heteroatoms. The zero-order valence-corrected chi connectivity index (χ0v) is 14.3. The number of nitrogens with zero attached hydrogens (tertiary/aromatic N) is 2. The summed E-state index contributed by atoms with van der Waals surface area (Å²) in [6, 6.07) is 9.58. The number of hydrogen-bond donors (Lipinski definition) is 2. The molecule has 4 heterocycles. The van der Waals surface area contributed by atoms with Gasteiger partial charge in [-0.25, -0.2) is 4.98 Å². The van der Waals surface area contributed by atoms with Crippen LogP contribution in [0.4, 0.5) is 0 Å². The number of fused-ring (bicyclic) bond motifs is 1. The van der Waals surface area contributed by atoms with Gasteiger partial charge in [-0.15, -0.1) is 0 Å². The van der Waals surface area contributed by atoms with E-state index in [1.807, 2.05) is 42.5 Å². The molecule has 0 bridgehead atoms. The number of nitrogens with one attached hydrogen (secondary N) is 2. The highest BCUT2D eigenvalue weighted by atomic mass is 16.5. The van der Waals surface area contributed by atoms with Gasteiger partial charge in [0.15, 0.2) is 0 Å². The molecule has 3 aromatic rings. The van der Waals surface area contributed by atoms with Crippen molar-refractivity contribution in [1.82, 2.24) is 20.3 Å². The lowest BCUT2D eigenvalue weighted by Crippen LogP contribution is -2.31. The van der Waals surface area contributed by atoms with Crippen LogP contribution in [0.15, 0.2) is 42.7 Å². The highest BCUT2D eigenvalue weighted by molar-refractivity contribution is 5.97. The van der Waals surface area contributed by atoms with Gasteiger partial charge in [0, 0.05) is 48.4 Å². The first-order valence-electron chi connectivity index (χ1n) is 8.37. The van der Waals surface area contributed by atoms with Crippen LogP contribution < -0.4 is 10.1 Å². The summed E-state index contributed by atoms with van der Waals surface area (Å²) in [6.07, 6.45) is 8.22. The summed E-state index contributed by atoms with van der Waals surface area (Å²) < 4.78 is 5.06. The first kappa shape index (κ1) is 16.1. The van der Waals surface area contributed by atoms with Gasteiger partial charge in [-0.1, -0.05) is 6.08 Å². The van der Waals surface area contributed by atoms with Gasteiger partial charge < -0.3 is 15.0 Å². The molecular formula is C20H18N4O2. The maximum Gasteiger partial charge on any atom is 0.253 e. The zero-order chi connectivity index (χ0) is 17.9. The minimum atomic E-state index is -0.0186. The molecule has 0 saturated heterocycles. The van der Waals surface area contributed by atoms with Crippen molar-refractivity contribution < 1.29 is 9.53 Å². The van der Waals surface area contributed by atoms with E-state index >= 15 is 0 Å². The number of carbonyl (C=O) groups excluding carboxylic acids is 1. The monoisotopic (exact) mass is 346 g/mol. The maximum absolute atomic E-state index is 11.9. The summed E-state index contributed by atoms with van der Waals surface area (Å²) in [7, 11) is 1.59. The summed E-state index contributed by atoms with van der Waals surface area (Å²) in [6.45, 7) is 0.673. The highest BCUT2D eigenvalue weighted by Crippen LogP contribution is 2.24. The van der Waals surface area contributed by atoms with Crippen LogP contribution in [0.3, 0.4) is 0 Å². The summed E-state index contributed by atoms with van der Waals surface area (Å²) in [5.74, 6) is 0.567. The van der Waals surface area contributed by atoms with E-state index in [0.717, 1.165) is 40.2 Å². The Morgan fingerprint density at radius 3 is 2.85 bits per heavy atom. The quantitative estimate of drug-likeness (QED) is 0.761. The summed E-state index contributed by atoms with van der Waals surface area (Å²) in [4.78, 5) is 23.9. The molecule has 0 saturated carbocycles. The van der Waals surface area contributed by atoms with Crippen molar-refractivity contribution in [3.05, 3.63) is 65.2 Å². The number of carbonyl (C=O) groups is 1. The SMILES string of the molecule is COc1ccc(C=Cc2cc(-c3cc4c([nH]3)CCNC4=O)ccn2)cn1. The fraction of sp³-hybridized carbons (Fsp3) is 0.150. The molecule has 0 unspecified atom stereocenters. The number of methoxy groups -OCH3 is 1. The second-order valence-electron chi connectivity index (χ2n) is 6.02. The predicted octanol–water partition coefficient (Wildman–Crippen LogP) is 2.94. The lowest BCUT2D eigenvalue weighted by molar-refractivity contribution is 0.0946. The molecule has 0 radical (unpaired) electrons. The lowest BCUT2D eigenvalue weighted by atomic mass is 10.1. The van der Waals surface area contributed by atoms with Crippen molar-refractivity contribution in [3.63, 3.8) is 0 Å². The van der Waals surface area contributed by atoms with Gasteiger partial charge in [-0.2, -0.15) is 0 Å². The third-order valence-corrected chi connectivity index (χ3v) is 4.31. The Bertz CT molecular complexity index is 974. The Morgan fingerprint density at radius 1 is 1.15 bits per heavy atom. The van der Waals surface area contributed by atoms with Crippen molar-refractivity contribution in [2.75, 3.05) is 13.7 Å². The molecule has 0 spiro atoms. The normalized spacial score (nSPS) is 13.5. The van der Waals surface area contributed by atoms with Gasteiger partial charge in [0.05, 0.1) is 18.4 Å². The molecule has 1 aliphatic rings. The van der Waals surface area contributed by atoms with E-state index in [-0.39, 0.29) is 5.91 Å². The Kier molecular flexibility index (Phi) is 4.23. The standard InChI is InChI=1S/C20H18N4O2/c1-26-19-5-3-13(12-23-19)2-4-15-10-14(6-8-21-15)18-11-16-17(24-18)7-9-22-20(16)25/h2-6,8,10-12,24H,7,9H2,1H3,(H,22,25). The fourth-order valence-electron chi connectivity index (χ4n) is 2.95. The molecule has 4 rings (SSSR count). The van der Waals surface area contributed by atoms with Crippen LogP contribution >= 0.6 is 0 Å². The molecule has 1 amide bonds. The van der Waals surface area contributed by atoms with Gasteiger partial charge in [-0.05, 0) is 35.9 Å². The van der Waals surface area contributed by atoms with Crippen LogP contribution in [0.25, 0.3) is 23.4 Å². The van der Waals surface area contributed by atoms with Crippen LogP contribution in [0.2, 0.25) is 0 Å². The number of aromatic nitrogens is 3. The van der Waals surface area contributed by atoms with Crippen molar-refractivity contribution >= 4 is 18.1 Å². The van der Waals surface area contributed by atoms with Gasteiger partial charge in [0.2, 0.25) is 5.88 Å². The Labute approximate surface area is 151 Å². The van der Waals surface area contributed by atoms with Crippen molar-refractivity contribution in [2.45, 2.75) is 6.42 Å². The van der Waals surface area contributed by atoms with Crippen molar-refractivity contribution in [1.29, 1.82) is 0 Å². The van der Waals surface area contributed by atoms with E-state index in [0.29, 0.717) is 12.4 Å². The number of H-pyrrole nitrogens is 1. The predicted molar refractivity (Wildman–Crippen MR) is 99.8 cm³/mol. The lowest BCUT2D eigenvalue weighted by Gasteiger charge is -2.10. The minimum absolute atomic E-state index is 0.0186. The third kappa shape index (κ3) is 3.21. The number of hydrogen-bond acceptors (Lipinski definition) is 4. The molecule has 0 fully saturated rings. The van der Waals surface area contributed by atoms with Gasteiger partial charge >= 0.3 is 0 Å². The van der Waals surface area contributed by atoms with E-state index in [4.69, 9.17) is 4.74 Å². The molecule has 6 nitrogen and oxygen atoms in total. The smallest absolute Gasteiger partial charge is 0.253 e. The number of rotatable bonds is 4. The summed E-state index contributed by atoms with van der Waals surface area (Å²) in [5, 5.41) is 2.86. The van der Waals surface area contributed by atoms with Crippen LogP contribution in [-0.4, -0.2) is 34.5 Å². The Hall–Kier alpha value is -3.41. The average Bonchev–Trinajstić information content (AvgIpc) is 3.13. The average molecular weight is 346 g/mol. The van der Waals surface area contributed by atoms with E-state index in [9.17, 15) is 4.79 Å². The van der Waals surface area contributed by atoms with Gasteiger partial charge in [0.1, 0.15) is 0 Å². The number of aromatic amines is 1. The topological polar surface area (TPSA) is 79.9 Å². The van der Waals surface area contributed by atoms with E-state index in [2.05, 4.69) is 20.3 Å². The van der Waals surface area contributed by atoms with Gasteiger partial charge in [-0.3, -0.25) is 9.78 Å². The van der Waals surface area contributed by atoms with Crippen LogP contribution in [0.5, 0.6) is 5.88 Å². The van der Waals surface area contributed by atoms with Crippen LogP contribution in [0.1, 0.15) is 27.3 Å². The number of pyridine rings is 2. The molecule has 3 aromatic heterocycles. The van der Waals surface area contributed by atoms with E-state index < -0.39 is 0 Å². The first-order valence-corrected chi connectivity index (χ1v) is 8.37. The Morgan fingerprint density at radius 2 is 2.08 bits per heavy atom. The molecule has 1 aliphatic heterocycles. The highest BCUT2D eigenvalue weighted by Gasteiger charge is 2.19. The molecule has 0 atom stereocenters. The molecular weight excluding hydrogens is 328 g/mol. The third-order valence-electron chi connectivity index (χ3n) is 4.31. The first-order chi connectivity index (χ1) is 12.7. The van der Waals surface area contributed by atoms with Crippen LogP contribution in [0, 0.1) is 0 Å². The minimum Gasteiger partial charge on any atom is -0.481 e. The Balaban J connectivity index is 1.58. The molecule has 0 aliphatic carbocycles. The summed E-state index contributed by atoms with van der Waals surface area (Å²) in [5.41, 5.74) is 5.43. The molecule has 130 valence electrons. The second kappa shape index (κ2) is 6.84. The number of amides is 1. The molecule has 2 N–H and O–H groups in total. The van der Waals surface area contributed by atoms with E-state index in [1.165, 1.54) is 0 Å². The van der Waals surface area contributed by atoms with Crippen LogP contribution in [-0.2, 0) is 6.42 Å².